The van der Waals surface area contributed by atoms with Gasteiger partial charge in [-0.15, -0.1) is 0 Å². The molecular weight excluding hydrogens is 382 g/mol. The summed E-state index contributed by atoms with van der Waals surface area (Å²) >= 11 is 0. The summed E-state index contributed by atoms with van der Waals surface area (Å²) in [5.41, 5.74) is 0. The minimum atomic E-state index is -0.226. The Morgan fingerprint density at radius 2 is 1.43 bits per heavy atom. The van der Waals surface area contributed by atoms with Crippen molar-refractivity contribution in [2.24, 2.45) is 0 Å². The number of rotatable bonds is 22. The van der Waals surface area contributed by atoms with Gasteiger partial charge in [-0.05, 0) is 38.5 Å². The molecule has 0 saturated carbocycles. The standard InChI is InChI=1S/C24H41NO5/c1-2-3-4-5-6-7-8-9-10-11-12-13-14-15-16-17-24(28)30-21-19-25(22-26)18-20-29-23-27/h6-7,9-10,22-23H,2-5,8,11-21H2,1H3/b7-6+,10-9+. The molecule has 0 saturated heterocycles. The summed E-state index contributed by atoms with van der Waals surface area (Å²) in [6.45, 7) is 3.48. The third kappa shape index (κ3) is 20.6. The average Bonchev–Trinajstić information content (AvgIpc) is 2.75. The van der Waals surface area contributed by atoms with Crippen molar-refractivity contribution in [3.8, 4) is 0 Å². The molecule has 6 nitrogen and oxygen atoms in total. The van der Waals surface area contributed by atoms with E-state index in [0.29, 0.717) is 32.4 Å². The predicted molar refractivity (Wildman–Crippen MR) is 120 cm³/mol. The maximum atomic E-state index is 11.7. The first-order chi connectivity index (χ1) is 14.7. The molecule has 0 unspecified atom stereocenters. The molecule has 0 aromatic carbocycles. The van der Waals surface area contributed by atoms with E-state index in [2.05, 4.69) is 36.0 Å². The summed E-state index contributed by atoms with van der Waals surface area (Å²) in [7, 11) is 0. The third-order valence-electron chi connectivity index (χ3n) is 4.69. The molecule has 0 rings (SSSR count). The van der Waals surface area contributed by atoms with Crippen LogP contribution in [0, 0.1) is 0 Å². The SMILES string of the molecule is CCCCC/C=C/C/C=C/CCCCCCCC(=O)OCCN(C=O)CCOC=O. The summed E-state index contributed by atoms with van der Waals surface area (Å²) < 4.78 is 9.67. The van der Waals surface area contributed by atoms with Gasteiger partial charge in [0.1, 0.15) is 13.2 Å². The van der Waals surface area contributed by atoms with Crippen LogP contribution >= 0.6 is 0 Å². The van der Waals surface area contributed by atoms with E-state index in [1.54, 1.807) is 0 Å². The van der Waals surface area contributed by atoms with Gasteiger partial charge in [-0.3, -0.25) is 14.4 Å². The zero-order valence-electron chi connectivity index (χ0n) is 18.8. The molecule has 6 heteroatoms. The Balaban J connectivity index is 3.44. The third-order valence-corrected chi connectivity index (χ3v) is 4.69. The predicted octanol–water partition coefficient (Wildman–Crippen LogP) is 4.97. The molecule has 0 aliphatic rings. The highest BCUT2D eigenvalue weighted by molar-refractivity contribution is 5.69. The fraction of sp³-hybridized carbons (Fsp3) is 0.708. The Hall–Kier alpha value is -2.11. The molecule has 1 amide bonds. The molecule has 0 radical (unpaired) electrons. The van der Waals surface area contributed by atoms with E-state index in [4.69, 9.17) is 4.74 Å². The van der Waals surface area contributed by atoms with Crippen molar-refractivity contribution in [1.29, 1.82) is 0 Å². The van der Waals surface area contributed by atoms with E-state index < -0.39 is 0 Å². The monoisotopic (exact) mass is 423 g/mol. The molecule has 0 fully saturated rings. The van der Waals surface area contributed by atoms with Crippen molar-refractivity contribution in [2.45, 2.75) is 84.0 Å². The first-order valence-corrected chi connectivity index (χ1v) is 11.4. The van der Waals surface area contributed by atoms with Gasteiger partial charge in [0.15, 0.2) is 0 Å². The summed E-state index contributed by atoms with van der Waals surface area (Å²) in [6.07, 6.45) is 22.7. The molecule has 0 bridgehead atoms. The normalized spacial score (nSPS) is 11.1. The molecule has 0 heterocycles. The number of hydrogen-bond donors (Lipinski definition) is 0. The molecule has 0 aliphatic heterocycles. The largest absolute Gasteiger partial charge is 0.466 e. The van der Waals surface area contributed by atoms with Crippen LogP contribution in [0.4, 0.5) is 0 Å². The summed E-state index contributed by atoms with van der Waals surface area (Å²) in [6, 6.07) is 0. The fourth-order valence-corrected chi connectivity index (χ4v) is 2.86. The van der Waals surface area contributed by atoms with Crippen LogP contribution in [0.5, 0.6) is 0 Å². The van der Waals surface area contributed by atoms with Crippen LogP contribution in [0.2, 0.25) is 0 Å². The Kier molecular flexibility index (Phi) is 21.5. The van der Waals surface area contributed by atoms with Crippen LogP contribution in [0.15, 0.2) is 24.3 Å². The Morgan fingerprint density at radius 1 is 0.800 bits per heavy atom. The van der Waals surface area contributed by atoms with Crippen molar-refractivity contribution in [1.82, 2.24) is 4.90 Å². The van der Waals surface area contributed by atoms with Gasteiger partial charge in [0, 0.05) is 6.42 Å². The van der Waals surface area contributed by atoms with Gasteiger partial charge in [0.05, 0.1) is 13.1 Å². The smallest absolute Gasteiger partial charge is 0.305 e. The quantitative estimate of drug-likeness (QED) is 0.106. The zero-order valence-corrected chi connectivity index (χ0v) is 18.8. The van der Waals surface area contributed by atoms with Crippen LogP contribution in [-0.2, 0) is 23.9 Å². The lowest BCUT2D eigenvalue weighted by atomic mass is 10.1. The Labute approximate surface area is 182 Å². The molecule has 0 N–H and O–H groups in total. The topological polar surface area (TPSA) is 72.9 Å². The fourth-order valence-electron chi connectivity index (χ4n) is 2.86. The second-order valence-electron chi connectivity index (χ2n) is 7.31. The van der Waals surface area contributed by atoms with Gasteiger partial charge in [0.2, 0.25) is 6.41 Å². The highest BCUT2D eigenvalue weighted by atomic mass is 16.5. The van der Waals surface area contributed by atoms with Gasteiger partial charge in [-0.1, -0.05) is 63.3 Å². The lowest BCUT2D eigenvalue weighted by molar-refractivity contribution is -0.145. The van der Waals surface area contributed by atoms with Gasteiger partial charge in [0.25, 0.3) is 6.47 Å². The van der Waals surface area contributed by atoms with Gasteiger partial charge in [-0.2, -0.15) is 0 Å². The van der Waals surface area contributed by atoms with E-state index in [1.165, 1.54) is 43.4 Å². The lowest BCUT2D eigenvalue weighted by Gasteiger charge is -2.16. The van der Waals surface area contributed by atoms with Gasteiger partial charge >= 0.3 is 5.97 Å². The van der Waals surface area contributed by atoms with Crippen LogP contribution in [0.25, 0.3) is 0 Å². The molecule has 0 spiro atoms. The number of esters is 1. The maximum Gasteiger partial charge on any atom is 0.305 e. The molecule has 0 aliphatic carbocycles. The second kappa shape index (κ2) is 23.2. The van der Waals surface area contributed by atoms with Crippen LogP contribution in [0.1, 0.15) is 84.0 Å². The number of carbonyl (C=O) groups excluding carboxylic acids is 3. The van der Waals surface area contributed by atoms with Crippen LogP contribution < -0.4 is 0 Å². The number of nitrogens with zero attached hydrogens (tertiary/aromatic N) is 1. The molecular formula is C24H41NO5. The van der Waals surface area contributed by atoms with Gasteiger partial charge < -0.3 is 14.4 Å². The minimum absolute atomic E-state index is 0.141. The Bertz CT molecular complexity index is 476. The number of ether oxygens (including phenoxy) is 2. The number of carbonyl (C=O) groups is 3. The molecule has 0 aromatic rings. The molecule has 172 valence electrons. The van der Waals surface area contributed by atoms with E-state index in [9.17, 15) is 14.4 Å². The Morgan fingerprint density at radius 3 is 2.10 bits per heavy atom. The highest BCUT2D eigenvalue weighted by Gasteiger charge is 2.05. The van der Waals surface area contributed by atoms with Gasteiger partial charge in [-0.25, -0.2) is 0 Å². The molecule has 0 atom stereocenters. The minimum Gasteiger partial charge on any atom is -0.466 e. The van der Waals surface area contributed by atoms with E-state index >= 15 is 0 Å². The zero-order chi connectivity index (χ0) is 22.1. The second-order valence-corrected chi connectivity index (χ2v) is 7.31. The molecule has 0 aromatic heterocycles. The van der Waals surface area contributed by atoms with Crippen molar-refractivity contribution in [2.75, 3.05) is 26.3 Å². The highest BCUT2D eigenvalue weighted by Crippen LogP contribution is 2.08. The number of allylic oxidation sites excluding steroid dienone is 4. The van der Waals surface area contributed by atoms with Crippen molar-refractivity contribution in [3.05, 3.63) is 24.3 Å². The van der Waals surface area contributed by atoms with Crippen molar-refractivity contribution >= 4 is 18.9 Å². The first kappa shape index (κ1) is 27.9. The lowest BCUT2D eigenvalue weighted by Crippen LogP contribution is -2.30. The van der Waals surface area contributed by atoms with E-state index in [-0.39, 0.29) is 19.2 Å². The van der Waals surface area contributed by atoms with Crippen molar-refractivity contribution < 1.29 is 23.9 Å². The van der Waals surface area contributed by atoms with Crippen LogP contribution in [-0.4, -0.2) is 50.1 Å². The maximum absolute atomic E-state index is 11.7. The van der Waals surface area contributed by atoms with Crippen LogP contribution in [0.3, 0.4) is 0 Å². The van der Waals surface area contributed by atoms with E-state index in [1.807, 2.05) is 0 Å². The average molecular weight is 424 g/mol. The molecule has 30 heavy (non-hydrogen) atoms. The number of hydrogen-bond acceptors (Lipinski definition) is 5. The first-order valence-electron chi connectivity index (χ1n) is 11.4. The number of amides is 1. The number of unbranched alkanes of at least 4 members (excludes halogenated alkanes) is 8. The summed E-state index contributed by atoms with van der Waals surface area (Å²) in [4.78, 5) is 34.0. The summed E-state index contributed by atoms with van der Waals surface area (Å²) in [5, 5.41) is 0. The van der Waals surface area contributed by atoms with E-state index in [0.717, 1.165) is 32.1 Å². The summed E-state index contributed by atoms with van der Waals surface area (Å²) in [5.74, 6) is -0.226. The van der Waals surface area contributed by atoms with Crippen molar-refractivity contribution in [3.63, 3.8) is 0 Å².